The smallest absolute Gasteiger partial charge is 0.416 e. The molecule has 27 heavy (non-hydrogen) atoms. The van der Waals surface area contributed by atoms with E-state index < -0.39 is 29.1 Å². The first-order valence-corrected chi connectivity index (χ1v) is 8.05. The molecule has 9 heteroatoms. The van der Waals surface area contributed by atoms with Crippen molar-refractivity contribution in [3.8, 4) is 11.9 Å². The fourth-order valence-corrected chi connectivity index (χ4v) is 2.96. The lowest BCUT2D eigenvalue weighted by Gasteiger charge is -2.15. The van der Waals surface area contributed by atoms with E-state index in [2.05, 4.69) is 4.98 Å². The number of halogens is 4. The summed E-state index contributed by atoms with van der Waals surface area (Å²) in [6, 6.07) is 9.21. The van der Waals surface area contributed by atoms with Gasteiger partial charge in [-0.25, -0.2) is 0 Å². The van der Waals surface area contributed by atoms with Gasteiger partial charge in [0.2, 0.25) is 5.88 Å². The van der Waals surface area contributed by atoms with Crippen molar-refractivity contribution in [2.45, 2.75) is 18.5 Å². The van der Waals surface area contributed by atoms with E-state index >= 15 is 0 Å². The minimum absolute atomic E-state index is 0.0390. The van der Waals surface area contributed by atoms with Crippen molar-refractivity contribution in [3.05, 3.63) is 74.7 Å². The summed E-state index contributed by atoms with van der Waals surface area (Å²) in [4.78, 5) is 16.5. The lowest BCUT2D eigenvalue weighted by Crippen LogP contribution is -2.21. The predicted molar refractivity (Wildman–Crippen MR) is 91.6 cm³/mol. The zero-order valence-corrected chi connectivity index (χ0v) is 14.3. The molecule has 0 amide bonds. The van der Waals surface area contributed by atoms with Gasteiger partial charge in [-0.15, -0.1) is 0 Å². The molecular formula is C18H11ClF3N3O2. The van der Waals surface area contributed by atoms with Crippen LogP contribution in [-0.2, 0) is 12.6 Å². The van der Waals surface area contributed by atoms with E-state index in [9.17, 15) is 28.3 Å². The third-order valence-corrected chi connectivity index (χ3v) is 4.41. The van der Waals surface area contributed by atoms with Gasteiger partial charge >= 0.3 is 6.18 Å². The van der Waals surface area contributed by atoms with Crippen LogP contribution in [0.2, 0.25) is 5.02 Å². The van der Waals surface area contributed by atoms with Crippen molar-refractivity contribution in [3.63, 3.8) is 0 Å². The first-order valence-electron chi connectivity index (χ1n) is 7.68. The molecule has 0 spiro atoms. The number of pyridine rings is 1. The Labute approximate surface area is 155 Å². The number of nitriles is 1. The molecule has 0 fully saturated rings. The summed E-state index contributed by atoms with van der Waals surface area (Å²) in [5.74, 6) is -1.75. The van der Waals surface area contributed by atoms with Crippen molar-refractivity contribution in [1.29, 1.82) is 5.26 Å². The van der Waals surface area contributed by atoms with E-state index in [1.165, 1.54) is 16.7 Å². The summed E-state index contributed by atoms with van der Waals surface area (Å²) < 4.78 is 40.1. The highest BCUT2D eigenvalue weighted by Gasteiger charge is 2.32. The molecule has 0 aliphatic heterocycles. The molecule has 1 N–H and O–H groups in total. The van der Waals surface area contributed by atoms with Crippen LogP contribution >= 0.6 is 11.6 Å². The van der Waals surface area contributed by atoms with Crippen LogP contribution in [0.1, 0.15) is 22.6 Å². The Morgan fingerprint density at radius 2 is 2.04 bits per heavy atom. The fourth-order valence-electron chi connectivity index (χ4n) is 2.71. The van der Waals surface area contributed by atoms with Gasteiger partial charge in [0, 0.05) is 17.6 Å². The first kappa shape index (κ1) is 18.7. The molecule has 5 nitrogen and oxygen atoms in total. The van der Waals surface area contributed by atoms with E-state index in [1.54, 1.807) is 12.1 Å². The van der Waals surface area contributed by atoms with E-state index in [-0.39, 0.29) is 28.2 Å². The third kappa shape index (κ3) is 3.59. The quantitative estimate of drug-likeness (QED) is 0.731. The molecule has 1 aromatic carbocycles. The standard InChI is InChI=1S/C18H11ClF3N3O2/c19-14-5-4-11(18(20,21)22)8-12(14)10(9-23)7-13-16(26)24-15-3-1-2-6-25(15)17(13)27/h1-6,8,10,26H,7H2/t10-/m1/s1. The van der Waals surface area contributed by atoms with Crippen LogP contribution in [0.25, 0.3) is 5.65 Å². The summed E-state index contributed by atoms with van der Waals surface area (Å²) in [5, 5.41) is 19.5. The van der Waals surface area contributed by atoms with Gasteiger partial charge in [-0.05, 0) is 35.9 Å². The molecule has 3 rings (SSSR count). The fraction of sp³-hybridized carbons (Fsp3) is 0.167. The Morgan fingerprint density at radius 1 is 1.30 bits per heavy atom. The number of rotatable bonds is 3. The number of aromatic hydroxyl groups is 1. The minimum Gasteiger partial charge on any atom is -0.493 e. The van der Waals surface area contributed by atoms with Gasteiger partial charge in [0.1, 0.15) is 5.65 Å². The van der Waals surface area contributed by atoms with Gasteiger partial charge in [-0.3, -0.25) is 9.20 Å². The first-order chi connectivity index (χ1) is 12.7. The summed E-state index contributed by atoms with van der Waals surface area (Å²) in [7, 11) is 0. The Morgan fingerprint density at radius 3 is 2.70 bits per heavy atom. The average molecular weight is 394 g/mol. The van der Waals surface area contributed by atoms with Crippen molar-refractivity contribution < 1.29 is 18.3 Å². The van der Waals surface area contributed by atoms with Gasteiger partial charge in [0.15, 0.2) is 0 Å². The molecule has 0 bridgehead atoms. The second-order valence-electron chi connectivity index (χ2n) is 5.77. The largest absolute Gasteiger partial charge is 0.493 e. The average Bonchev–Trinajstić information content (AvgIpc) is 2.62. The second-order valence-corrected chi connectivity index (χ2v) is 6.18. The molecule has 0 radical (unpaired) electrons. The van der Waals surface area contributed by atoms with E-state index in [1.807, 2.05) is 6.07 Å². The van der Waals surface area contributed by atoms with Crippen LogP contribution in [0.3, 0.4) is 0 Å². The molecule has 0 saturated heterocycles. The van der Waals surface area contributed by atoms with Crippen LogP contribution in [-0.4, -0.2) is 14.5 Å². The Balaban J connectivity index is 2.09. The topological polar surface area (TPSA) is 78.4 Å². The molecule has 0 aliphatic rings. The molecule has 3 aromatic rings. The summed E-state index contributed by atoms with van der Waals surface area (Å²) in [6.45, 7) is 0. The van der Waals surface area contributed by atoms with Crippen molar-refractivity contribution in [1.82, 2.24) is 9.38 Å². The highest BCUT2D eigenvalue weighted by molar-refractivity contribution is 6.31. The van der Waals surface area contributed by atoms with Crippen molar-refractivity contribution >= 4 is 17.2 Å². The van der Waals surface area contributed by atoms with E-state index in [4.69, 9.17) is 11.6 Å². The van der Waals surface area contributed by atoms with Crippen LogP contribution < -0.4 is 5.56 Å². The zero-order valence-electron chi connectivity index (χ0n) is 13.5. The summed E-state index contributed by atoms with van der Waals surface area (Å²) in [6.07, 6.45) is -3.51. The molecular weight excluding hydrogens is 383 g/mol. The maximum absolute atomic E-state index is 13.0. The van der Waals surface area contributed by atoms with Crippen molar-refractivity contribution in [2.24, 2.45) is 0 Å². The summed E-state index contributed by atoms with van der Waals surface area (Å²) >= 11 is 5.98. The Bertz CT molecular complexity index is 1120. The van der Waals surface area contributed by atoms with Crippen LogP contribution in [0.5, 0.6) is 5.88 Å². The van der Waals surface area contributed by atoms with E-state index in [0.717, 1.165) is 18.2 Å². The van der Waals surface area contributed by atoms with Gasteiger partial charge in [-0.2, -0.15) is 23.4 Å². The van der Waals surface area contributed by atoms with Gasteiger partial charge < -0.3 is 5.11 Å². The normalized spacial score (nSPS) is 12.7. The Hall–Kier alpha value is -3.05. The maximum Gasteiger partial charge on any atom is 0.416 e. The maximum atomic E-state index is 13.0. The number of aromatic nitrogens is 2. The number of benzene rings is 1. The molecule has 2 heterocycles. The van der Waals surface area contributed by atoms with Gasteiger partial charge in [0.05, 0.1) is 23.1 Å². The summed E-state index contributed by atoms with van der Waals surface area (Å²) in [5.41, 5.74) is -1.62. The molecule has 1 atom stereocenters. The zero-order chi connectivity index (χ0) is 19.8. The number of hydrogen-bond donors (Lipinski definition) is 1. The molecule has 0 unspecified atom stereocenters. The SMILES string of the molecule is N#C[C@@H](Cc1c(O)nc2ccccn2c1=O)c1cc(C(F)(F)F)ccc1Cl. The van der Waals surface area contributed by atoms with Gasteiger partial charge in [0.25, 0.3) is 5.56 Å². The van der Waals surface area contributed by atoms with Crippen LogP contribution in [0, 0.1) is 11.3 Å². The predicted octanol–water partition coefficient (Wildman–Crippen LogP) is 3.92. The van der Waals surface area contributed by atoms with Crippen molar-refractivity contribution in [2.75, 3.05) is 0 Å². The minimum atomic E-state index is -4.61. The lowest BCUT2D eigenvalue weighted by molar-refractivity contribution is -0.137. The number of nitrogens with zero attached hydrogens (tertiary/aromatic N) is 3. The second kappa shape index (κ2) is 6.93. The highest BCUT2D eigenvalue weighted by atomic mass is 35.5. The molecule has 2 aromatic heterocycles. The molecule has 0 saturated carbocycles. The highest BCUT2D eigenvalue weighted by Crippen LogP contribution is 2.35. The third-order valence-electron chi connectivity index (χ3n) is 4.07. The lowest BCUT2D eigenvalue weighted by atomic mass is 9.92. The van der Waals surface area contributed by atoms with Crippen LogP contribution in [0.15, 0.2) is 47.4 Å². The van der Waals surface area contributed by atoms with Gasteiger partial charge in [-0.1, -0.05) is 17.7 Å². The Kier molecular flexibility index (Phi) is 4.81. The number of alkyl halides is 3. The monoisotopic (exact) mass is 393 g/mol. The van der Waals surface area contributed by atoms with E-state index in [0.29, 0.717) is 0 Å². The molecule has 0 aliphatic carbocycles. The van der Waals surface area contributed by atoms with Crippen LogP contribution in [0.4, 0.5) is 13.2 Å². The number of fused-ring (bicyclic) bond motifs is 1. The number of hydrogen-bond acceptors (Lipinski definition) is 4. The molecule has 138 valence electrons.